The zero-order valence-corrected chi connectivity index (χ0v) is 10.2. The largest absolute Gasteiger partial charge is 0.497 e. The minimum absolute atomic E-state index is 0.524. The number of benzene rings is 2. The Kier molecular flexibility index (Phi) is 2.40. The molecule has 86 valence electrons. The van der Waals surface area contributed by atoms with Crippen molar-refractivity contribution in [3.63, 3.8) is 0 Å². The van der Waals surface area contributed by atoms with Crippen molar-refractivity contribution in [1.29, 1.82) is 0 Å². The Bertz CT molecular complexity index is 557. The second-order valence-corrected chi connectivity index (χ2v) is 4.50. The van der Waals surface area contributed by atoms with Crippen molar-refractivity contribution in [3.05, 3.63) is 53.6 Å². The van der Waals surface area contributed by atoms with Gasteiger partial charge in [0.15, 0.2) is 0 Å². The summed E-state index contributed by atoms with van der Waals surface area (Å²) in [4.78, 5) is 0. The molecular weight excluding hydrogens is 208 g/mol. The third-order valence-corrected chi connectivity index (χ3v) is 3.67. The first-order valence-corrected chi connectivity index (χ1v) is 6.12. The van der Waals surface area contributed by atoms with Gasteiger partial charge in [-0.05, 0) is 40.8 Å². The lowest BCUT2D eigenvalue weighted by atomic mass is 9.94. The highest BCUT2D eigenvalue weighted by molar-refractivity contribution is 5.79. The Morgan fingerprint density at radius 2 is 1.76 bits per heavy atom. The molecule has 1 nitrogen and oxygen atoms in total. The van der Waals surface area contributed by atoms with Gasteiger partial charge in [-0.3, -0.25) is 0 Å². The average molecular weight is 224 g/mol. The molecule has 0 fully saturated rings. The van der Waals surface area contributed by atoms with Gasteiger partial charge < -0.3 is 4.74 Å². The number of hydrogen-bond donors (Lipinski definition) is 0. The van der Waals surface area contributed by atoms with Crippen LogP contribution in [0.25, 0.3) is 11.1 Å². The van der Waals surface area contributed by atoms with Crippen LogP contribution in [0.5, 0.6) is 5.75 Å². The summed E-state index contributed by atoms with van der Waals surface area (Å²) in [6.07, 6.45) is 1.14. The fourth-order valence-corrected chi connectivity index (χ4v) is 2.85. The fourth-order valence-electron chi connectivity index (χ4n) is 2.85. The number of hydrogen-bond acceptors (Lipinski definition) is 1. The van der Waals surface area contributed by atoms with E-state index in [0.717, 1.165) is 12.2 Å². The van der Waals surface area contributed by atoms with Gasteiger partial charge in [-0.15, -0.1) is 0 Å². The van der Waals surface area contributed by atoms with E-state index in [0.29, 0.717) is 5.92 Å². The molecule has 1 atom stereocenters. The van der Waals surface area contributed by atoms with Gasteiger partial charge in [-0.1, -0.05) is 37.3 Å². The number of rotatable bonds is 2. The van der Waals surface area contributed by atoms with Gasteiger partial charge in [0.25, 0.3) is 0 Å². The predicted octanol–water partition coefficient (Wildman–Crippen LogP) is 4.22. The van der Waals surface area contributed by atoms with Gasteiger partial charge in [0.2, 0.25) is 0 Å². The van der Waals surface area contributed by atoms with E-state index < -0.39 is 0 Å². The van der Waals surface area contributed by atoms with E-state index in [4.69, 9.17) is 4.74 Å². The normalized spacial score (nSPS) is 16.5. The molecule has 0 saturated carbocycles. The summed E-state index contributed by atoms with van der Waals surface area (Å²) in [5.74, 6) is 1.48. The maximum atomic E-state index is 5.33. The molecule has 0 bridgehead atoms. The van der Waals surface area contributed by atoms with Gasteiger partial charge in [-0.2, -0.15) is 0 Å². The molecule has 0 saturated heterocycles. The standard InChI is InChI=1S/C16H16O/c1-3-12-13-6-4-5-7-14(13)15-9-8-11(17-2)10-16(12)15/h4-10,12H,3H2,1-2H3. The smallest absolute Gasteiger partial charge is 0.119 e. The molecule has 0 heterocycles. The molecule has 0 radical (unpaired) electrons. The Labute approximate surface area is 102 Å². The summed E-state index contributed by atoms with van der Waals surface area (Å²) in [6, 6.07) is 15.1. The van der Waals surface area contributed by atoms with Crippen LogP contribution in [-0.4, -0.2) is 7.11 Å². The Balaban J connectivity index is 2.23. The van der Waals surface area contributed by atoms with Gasteiger partial charge in [0, 0.05) is 5.92 Å². The zero-order chi connectivity index (χ0) is 11.8. The molecule has 0 amide bonds. The summed E-state index contributed by atoms with van der Waals surface area (Å²) in [5.41, 5.74) is 5.62. The molecule has 0 N–H and O–H groups in total. The Morgan fingerprint density at radius 3 is 2.53 bits per heavy atom. The minimum Gasteiger partial charge on any atom is -0.497 e. The molecule has 0 aliphatic heterocycles. The van der Waals surface area contributed by atoms with Crippen LogP contribution in [0.1, 0.15) is 30.4 Å². The van der Waals surface area contributed by atoms with Crippen LogP contribution in [0.4, 0.5) is 0 Å². The van der Waals surface area contributed by atoms with Crippen molar-refractivity contribution in [2.45, 2.75) is 19.3 Å². The van der Waals surface area contributed by atoms with Crippen molar-refractivity contribution < 1.29 is 4.74 Å². The van der Waals surface area contributed by atoms with Crippen LogP contribution in [0.2, 0.25) is 0 Å². The quantitative estimate of drug-likeness (QED) is 0.742. The van der Waals surface area contributed by atoms with E-state index in [1.54, 1.807) is 7.11 Å². The number of fused-ring (bicyclic) bond motifs is 3. The highest BCUT2D eigenvalue weighted by Crippen LogP contribution is 2.47. The van der Waals surface area contributed by atoms with Crippen molar-refractivity contribution in [2.75, 3.05) is 7.11 Å². The van der Waals surface area contributed by atoms with Crippen LogP contribution in [0, 0.1) is 0 Å². The SMILES string of the molecule is CCC1c2ccccc2-c2ccc(OC)cc21. The van der Waals surface area contributed by atoms with Crippen molar-refractivity contribution >= 4 is 0 Å². The van der Waals surface area contributed by atoms with Crippen LogP contribution in [-0.2, 0) is 0 Å². The molecule has 1 unspecified atom stereocenters. The van der Waals surface area contributed by atoms with Crippen LogP contribution in [0.3, 0.4) is 0 Å². The molecule has 2 aromatic rings. The second kappa shape index (κ2) is 3.92. The molecule has 1 heteroatoms. The van der Waals surface area contributed by atoms with E-state index in [9.17, 15) is 0 Å². The summed E-state index contributed by atoms with van der Waals surface area (Å²) in [5, 5.41) is 0. The molecular formula is C16H16O. The maximum absolute atomic E-state index is 5.33. The van der Waals surface area contributed by atoms with Gasteiger partial charge >= 0.3 is 0 Å². The van der Waals surface area contributed by atoms with E-state index in [1.807, 2.05) is 6.07 Å². The highest BCUT2D eigenvalue weighted by atomic mass is 16.5. The van der Waals surface area contributed by atoms with E-state index in [2.05, 4.69) is 43.3 Å². The molecule has 0 spiro atoms. The summed E-state index contributed by atoms with van der Waals surface area (Å²) in [7, 11) is 1.73. The van der Waals surface area contributed by atoms with E-state index in [1.165, 1.54) is 22.3 Å². The molecule has 1 aliphatic rings. The predicted molar refractivity (Wildman–Crippen MR) is 70.6 cm³/mol. The minimum atomic E-state index is 0.524. The molecule has 1 aliphatic carbocycles. The lowest BCUT2D eigenvalue weighted by Crippen LogP contribution is -1.94. The first-order chi connectivity index (χ1) is 8.35. The number of methoxy groups -OCH3 is 1. The molecule has 2 aromatic carbocycles. The zero-order valence-electron chi connectivity index (χ0n) is 10.2. The third-order valence-electron chi connectivity index (χ3n) is 3.67. The van der Waals surface area contributed by atoms with Crippen LogP contribution in [0.15, 0.2) is 42.5 Å². The lowest BCUT2D eigenvalue weighted by molar-refractivity contribution is 0.414. The second-order valence-electron chi connectivity index (χ2n) is 4.50. The summed E-state index contributed by atoms with van der Waals surface area (Å²) < 4.78 is 5.33. The summed E-state index contributed by atoms with van der Waals surface area (Å²) in [6.45, 7) is 2.25. The molecule has 0 aromatic heterocycles. The highest BCUT2D eigenvalue weighted by Gasteiger charge is 2.27. The molecule has 3 rings (SSSR count). The lowest BCUT2D eigenvalue weighted by Gasteiger charge is -2.11. The Hall–Kier alpha value is -1.76. The van der Waals surface area contributed by atoms with Crippen LogP contribution >= 0.6 is 0 Å². The number of ether oxygens (including phenoxy) is 1. The van der Waals surface area contributed by atoms with Crippen molar-refractivity contribution in [1.82, 2.24) is 0 Å². The monoisotopic (exact) mass is 224 g/mol. The van der Waals surface area contributed by atoms with E-state index >= 15 is 0 Å². The van der Waals surface area contributed by atoms with Gasteiger partial charge in [0.1, 0.15) is 5.75 Å². The van der Waals surface area contributed by atoms with Gasteiger partial charge in [0.05, 0.1) is 7.11 Å². The van der Waals surface area contributed by atoms with Crippen LogP contribution < -0.4 is 4.74 Å². The van der Waals surface area contributed by atoms with Crippen molar-refractivity contribution in [3.8, 4) is 16.9 Å². The first-order valence-electron chi connectivity index (χ1n) is 6.12. The topological polar surface area (TPSA) is 9.23 Å². The first kappa shape index (κ1) is 10.4. The average Bonchev–Trinajstić information content (AvgIpc) is 2.71. The Morgan fingerprint density at radius 1 is 1.00 bits per heavy atom. The third kappa shape index (κ3) is 1.46. The maximum Gasteiger partial charge on any atom is 0.119 e. The van der Waals surface area contributed by atoms with Crippen molar-refractivity contribution in [2.24, 2.45) is 0 Å². The fraction of sp³-hybridized carbons (Fsp3) is 0.250. The summed E-state index contributed by atoms with van der Waals surface area (Å²) >= 11 is 0. The molecule has 17 heavy (non-hydrogen) atoms. The van der Waals surface area contributed by atoms with E-state index in [-0.39, 0.29) is 0 Å². The van der Waals surface area contributed by atoms with Gasteiger partial charge in [-0.25, -0.2) is 0 Å².